The Morgan fingerprint density at radius 3 is 2.68 bits per heavy atom. The van der Waals surface area contributed by atoms with E-state index >= 15 is 0 Å². The highest BCUT2D eigenvalue weighted by Crippen LogP contribution is 2.59. The van der Waals surface area contributed by atoms with Crippen LogP contribution in [0.15, 0.2) is 29.8 Å². The molecule has 0 nitrogen and oxygen atoms in total. The highest BCUT2D eigenvalue weighted by atomic mass is 32.1. The van der Waals surface area contributed by atoms with Gasteiger partial charge in [-0.25, -0.2) is 0 Å². The Bertz CT molecular complexity index is 702. The Balaban J connectivity index is 2.03. The minimum Gasteiger partial charge on any atom is -0.136 e. The summed E-state index contributed by atoms with van der Waals surface area (Å²) in [7, 11) is 0. The minimum atomic E-state index is 0.288. The lowest BCUT2D eigenvalue weighted by Crippen LogP contribution is -2.35. The van der Waals surface area contributed by atoms with Crippen LogP contribution < -0.4 is 0 Å². The maximum Gasteiger partial charge on any atom is 0.0352 e. The van der Waals surface area contributed by atoms with Gasteiger partial charge in [-0.05, 0) is 41.3 Å². The van der Waals surface area contributed by atoms with E-state index in [0.29, 0.717) is 5.41 Å². The summed E-state index contributed by atoms with van der Waals surface area (Å²) in [6.07, 6.45) is 6.51. The molecule has 2 aliphatic rings. The molecule has 0 bridgehead atoms. The van der Waals surface area contributed by atoms with Gasteiger partial charge in [-0.1, -0.05) is 51.0 Å². The van der Waals surface area contributed by atoms with Crippen molar-refractivity contribution in [3.8, 4) is 0 Å². The molecule has 0 N–H and O–H groups in total. The zero-order valence-electron chi connectivity index (χ0n) is 11.9. The van der Waals surface area contributed by atoms with Crippen LogP contribution in [0.4, 0.5) is 0 Å². The van der Waals surface area contributed by atoms with E-state index in [-0.39, 0.29) is 5.41 Å². The van der Waals surface area contributed by atoms with E-state index in [1.165, 1.54) is 34.2 Å². The highest BCUT2D eigenvalue weighted by molar-refractivity contribution is 7.20. The molecule has 1 heteroatoms. The zero-order valence-corrected chi connectivity index (χ0v) is 12.7. The second kappa shape index (κ2) is 3.52. The number of rotatable bonds is 0. The monoisotopic (exact) mass is 268 g/mol. The third-order valence-electron chi connectivity index (χ3n) is 5.25. The van der Waals surface area contributed by atoms with Crippen molar-refractivity contribution in [3.05, 3.63) is 40.3 Å². The van der Waals surface area contributed by atoms with Gasteiger partial charge in [0.1, 0.15) is 0 Å². The number of hydrogen-bond acceptors (Lipinski definition) is 1. The molecule has 0 unspecified atom stereocenters. The maximum atomic E-state index is 2.51. The third-order valence-corrected chi connectivity index (χ3v) is 6.37. The molecule has 2 aromatic rings. The van der Waals surface area contributed by atoms with E-state index in [1.54, 1.807) is 11.1 Å². The normalized spacial score (nSPS) is 28.1. The second-order valence-electron chi connectivity index (χ2n) is 6.97. The summed E-state index contributed by atoms with van der Waals surface area (Å²) in [6, 6.07) is 8.92. The number of benzene rings is 1. The molecule has 1 saturated carbocycles. The van der Waals surface area contributed by atoms with Crippen LogP contribution in [0.5, 0.6) is 0 Å². The molecule has 1 atom stereocenters. The summed E-state index contributed by atoms with van der Waals surface area (Å²) >= 11 is 1.98. The van der Waals surface area contributed by atoms with E-state index in [0.717, 1.165) is 0 Å². The molecule has 2 aliphatic carbocycles. The standard InChI is InChI=1S/C18H20S/c1-17(2)9-6-10-18(3)15(17)11-14-16(18)12-7-4-5-8-13(12)19-14/h4-5,7-8,11H,6,9-10H2,1-3H3/t18-/m0/s1. The molecule has 0 radical (unpaired) electrons. The van der Waals surface area contributed by atoms with E-state index < -0.39 is 0 Å². The van der Waals surface area contributed by atoms with E-state index in [1.807, 2.05) is 11.3 Å². The van der Waals surface area contributed by atoms with Crippen LogP contribution in [0.25, 0.3) is 16.2 Å². The van der Waals surface area contributed by atoms with Gasteiger partial charge in [-0.3, -0.25) is 0 Å². The van der Waals surface area contributed by atoms with Gasteiger partial charge in [0.15, 0.2) is 0 Å². The average Bonchev–Trinajstić information content (AvgIpc) is 2.85. The maximum absolute atomic E-state index is 2.51. The summed E-state index contributed by atoms with van der Waals surface area (Å²) in [5, 5.41) is 1.49. The van der Waals surface area contributed by atoms with Crippen molar-refractivity contribution in [2.24, 2.45) is 5.41 Å². The zero-order chi connectivity index (χ0) is 13.3. The third kappa shape index (κ3) is 1.40. The fourth-order valence-corrected chi connectivity index (χ4v) is 5.66. The Morgan fingerprint density at radius 1 is 1.05 bits per heavy atom. The van der Waals surface area contributed by atoms with Crippen molar-refractivity contribution in [2.75, 3.05) is 0 Å². The molecule has 0 spiro atoms. The highest BCUT2D eigenvalue weighted by Gasteiger charge is 2.47. The summed E-state index contributed by atoms with van der Waals surface area (Å²) in [5.74, 6) is 0. The Hall–Kier alpha value is -1.08. The molecule has 0 saturated heterocycles. The Kier molecular flexibility index (Phi) is 2.17. The minimum absolute atomic E-state index is 0.288. The van der Waals surface area contributed by atoms with Crippen LogP contribution in [0.2, 0.25) is 0 Å². The molecule has 1 aromatic heterocycles. The summed E-state index contributed by atoms with van der Waals surface area (Å²) in [4.78, 5) is 1.52. The quantitative estimate of drug-likeness (QED) is 0.569. The van der Waals surface area contributed by atoms with Crippen LogP contribution in [0, 0.1) is 5.41 Å². The van der Waals surface area contributed by atoms with Crippen LogP contribution >= 0.6 is 11.3 Å². The molecule has 1 fully saturated rings. The molecule has 1 aromatic carbocycles. The average molecular weight is 268 g/mol. The van der Waals surface area contributed by atoms with E-state index in [4.69, 9.17) is 0 Å². The molecular formula is C18H20S. The van der Waals surface area contributed by atoms with Crippen LogP contribution in [0.1, 0.15) is 50.5 Å². The summed E-state index contributed by atoms with van der Waals surface area (Å²) in [5.41, 5.74) is 3.96. The number of hydrogen-bond donors (Lipinski definition) is 0. The molecular weight excluding hydrogens is 248 g/mol. The molecule has 19 heavy (non-hydrogen) atoms. The Labute approximate surface area is 119 Å². The van der Waals surface area contributed by atoms with Crippen LogP contribution in [-0.2, 0) is 5.41 Å². The van der Waals surface area contributed by atoms with Crippen molar-refractivity contribution in [1.29, 1.82) is 0 Å². The van der Waals surface area contributed by atoms with Gasteiger partial charge in [0.2, 0.25) is 0 Å². The second-order valence-corrected chi connectivity index (χ2v) is 8.05. The smallest absolute Gasteiger partial charge is 0.0352 e. The van der Waals surface area contributed by atoms with Gasteiger partial charge in [-0.15, -0.1) is 11.3 Å². The Morgan fingerprint density at radius 2 is 1.84 bits per heavy atom. The topological polar surface area (TPSA) is 0 Å². The molecule has 0 aliphatic heterocycles. The predicted octanol–water partition coefficient (Wildman–Crippen LogP) is 5.77. The lowest BCUT2D eigenvalue weighted by Gasteiger charge is -2.44. The van der Waals surface area contributed by atoms with Crippen molar-refractivity contribution in [2.45, 2.75) is 45.4 Å². The largest absolute Gasteiger partial charge is 0.136 e. The van der Waals surface area contributed by atoms with Crippen molar-refractivity contribution >= 4 is 27.5 Å². The number of fused-ring (bicyclic) bond motifs is 5. The molecule has 1 heterocycles. The number of thiophene rings is 1. The lowest BCUT2D eigenvalue weighted by molar-refractivity contribution is 0.267. The van der Waals surface area contributed by atoms with Crippen molar-refractivity contribution in [1.82, 2.24) is 0 Å². The predicted molar refractivity (Wildman–Crippen MR) is 84.8 cm³/mol. The van der Waals surface area contributed by atoms with Gasteiger partial charge in [0, 0.05) is 15.0 Å². The first-order valence-corrected chi connectivity index (χ1v) is 8.09. The summed E-state index contributed by atoms with van der Waals surface area (Å²) < 4.78 is 1.45. The molecule has 4 rings (SSSR count). The first-order valence-electron chi connectivity index (χ1n) is 7.27. The van der Waals surface area contributed by atoms with Gasteiger partial charge >= 0.3 is 0 Å². The molecule has 0 amide bonds. The van der Waals surface area contributed by atoms with Gasteiger partial charge in [0.25, 0.3) is 0 Å². The van der Waals surface area contributed by atoms with Crippen LogP contribution in [0.3, 0.4) is 0 Å². The summed E-state index contributed by atoms with van der Waals surface area (Å²) in [6.45, 7) is 7.33. The lowest BCUT2D eigenvalue weighted by atomic mass is 9.60. The van der Waals surface area contributed by atoms with Crippen molar-refractivity contribution < 1.29 is 0 Å². The SMILES string of the molecule is CC1(C)CCC[C@@]2(C)C1=Cc1sc3ccccc3c12. The van der Waals surface area contributed by atoms with E-state index in [2.05, 4.69) is 51.1 Å². The van der Waals surface area contributed by atoms with E-state index in [9.17, 15) is 0 Å². The van der Waals surface area contributed by atoms with Gasteiger partial charge in [-0.2, -0.15) is 0 Å². The van der Waals surface area contributed by atoms with Gasteiger partial charge < -0.3 is 0 Å². The fraction of sp³-hybridized carbons (Fsp3) is 0.444. The fourth-order valence-electron chi connectivity index (χ4n) is 4.38. The molecule has 98 valence electrons. The van der Waals surface area contributed by atoms with Crippen LogP contribution in [-0.4, -0.2) is 0 Å². The van der Waals surface area contributed by atoms with Gasteiger partial charge in [0.05, 0.1) is 0 Å². The first-order chi connectivity index (χ1) is 9.02. The van der Waals surface area contributed by atoms with Crippen molar-refractivity contribution in [3.63, 3.8) is 0 Å². The first kappa shape index (κ1) is 11.7. The number of allylic oxidation sites excluding steroid dienone is 1.